The predicted molar refractivity (Wildman–Crippen MR) is 144 cm³/mol. The van der Waals surface area contributed by atoms with E-state index in [4.69, 9.17) is 4.74 Å². The van der Waals surface area contributed by atoms with Gasteiger partial charge in [-0.1, -0.05) is 6.07 Å². The number of para-hydroxylation sites is 1. The van der Waals surface area contributed by atoms with Gasteiger partial charge in [-0.05, 0) is 65.0 Å². The van der Waals surface area contributed by atoms with Crippen molar-refractivity contribution in [3.63, 3.8) is 0 Å². The van der Waals surface area contributed by atoms with E-state index in [-0.39, 0.29) is 53.8 Å². The Morgan fingerprint density at radius 1 is 1.07 bits per heavy atom. The Morgan fingerprint density at radius 3 is 2.42 bits per heavy atom. The van der Waals surface area contributed by atoms with Crippen LogP contribution in [-0.2, 0) is 23.9 Å². The van der Waals surface area contributed by atoms with Gasteiger partial charge in [0.25, 0.3) is 5.56 Å². The number of ether oxygens (including phenoxy) is 1. The lowest BCUT2D eigenvalue weighted by Crippen LogP contribution is -2.45. The number of anilines is 1. The second-order valence-corrected chi connectivity index (χ2v) is 11.1. The third kappa shape index (κ3) is 6.46. The van der Waals surface area contributed by atoms with Crippen LogP contribution in [0, 0.1) is 12.8 Å². The van der Waals surface area contributed by atoms with E-state index in [1.165, 1.54) is 16.7 Å². The maximum Gasteiger partial charge on any atom is 0.410 e. The maximum atomic E-state index is 13.3. The van der Waals surface area contributed by atoms with E-state index < -0.39 is 40.8 Å². The molecule has 1 unspecified atom stereocenters. The van der Waals surface area contributed by atoms with Crippen LogP contribution in [0.15, 0.2) is 23.0 Å². The average molecular weight is 555 g/mol. The number of amides is 5. The molecule has 13 nitrogen and oxygen atoms in total. The van der Waals surface area contributed by atoms with Gasteiger partial charge in [-0.3, -0.25) is 33.9 Å². The van der Waals surface area contributed by atoms with Gasteiger partial charge in [0.05, 0.1) is 11.1 Å². The van der Waals surface area contributed by atoms with Gasteiger partial charge in [0.15, 0.2) is 0 Å². The fraction of sp³-hybridized carbons (Fsp3) is 0.519. The topological polar surface area (TPSA) is 169 Å². The van der Waals surface area contributed by atoms with Crippen LogP contribution in [0.25, 0.3) is 10.9 Å². The predicted octanol–water partition coefficient (Wildman–Crippen LogP) is 1.38. The summed E-state index contributed by atoms with van der Waals surface area (Å²) in [5, 5.41) is 7.57. The van der Waals surface area contributed by atoms with Gasteiger partial charge in [-0.25, -0.2) is 9.78 Å². The quantitative estimate of drug-likeness (QED) is 0.376. The van der Waals surface area contributed by atoms with Crippen molar-refractivity contribution in [3.8, 4) is 0 Å². The van der Waals surface area contributed by atoms with Gasteiger partial charge >= 0.3 is 17.9 Å². The van der Waals surface area contributed by atoms with Gasteiger partial charge in [-0.2, -0.15) is 0 Å². The van der Waals surface area contributed by atoms with Gasteiger partial charge < -0.3 is 20.3 Å². The Morgan fingerprint density at radius 2 is 1.77 bits per heavy atom. The van der Waals surface area contributed by atoms with Crippen LogP contribution in [0.5, 0.6) is 0 Å². The molecule has 214 valence electrons. The summed E-state index contributed by atoms with van der Waals surface area (Å²) in [6, 6.07) is 3.72. The van der Waals surface area contributed by atoms with Gasteiger partial charge in [0, 0.05) is 26.1 Å². The van der Waals surface area contributed by atoms with Crippen LogP contribution in [0.4, 0.5) is 10.5 Å². The summed E-state index contributed by atoms with van der Waals surface area (Å²) in [6.07, 6.45) is 1.24. The number of benzene rings is 1. The molecule has 2 saturated heterocycles. The third-order valence-corrected chi connectivity index (χ3v) is 6.90. The minimum absolute atomic E-state index is 0.100. The molecule has 2 aliphatic heterocycles. The number of nitrogens with one attached hydrogen (secondary N) is 3. The molecular weight excluding hydrogens is 520 g/mol. The van der Waals surface area contributed by atoms with E-state index >= 15 is 0 Å². The van der Waals surface area contributed by atoms with Crippen LogP contribution < -0.4 is 21.5 Å². The van der Waals surface area contributed by atoms with Crippen molar-refractivity contribution in [3.05, 3.63) is 34.4 Å². The number of hydrogen-bond acceptors (Lipinski definition) is 8. The second-order valence-electron chi connectivity index (χ2n) is 11.1. The molecule has 2 aliphatic rings. The van der Waals surface area contributed by atoms with E-state index in [2.05, 4.69) is 20.9 Å². The first kappa shape index (κ1) is 28.7. The Hall–Kier alpha value is -4.29. The van der Waals surface area contributed by atoms with Gasteiger partial charge in [-0.15, -0.1) is 0 Å². The molecule has 5 amide bonds. The zero-order chi connectivity index (χ0) is 29.2. The number of fused-ring (bicyclic) bond motifs is 1. The van der Waals surface area contributed by atoms with E-state index in [0.29, 0.717) is 25.9 Å². The standard InChI is InChI=1S/C27H34N6O7/c1-15-29-21-17(25(38)33(15)19-8-9-20(34)31-22(19)35)6-5-7-18(21)30-24(37)23(36)28-14-16-10-12-32(13-11-16)26(39)40-27(2,3)4/h5-7,16,19H,8-14H2,1-4H3,(H,28,36)(H,30,37)(H,31,34,35). The second kappa shape index (κ2) is 11.4. The Bertz CT molecular complexity index is 1420. The molecule has 1 atom stereocenters. The molecule has 0 radical (unpaired) electrons. The Balaban J connectivity index is 1.38. The van der Waals surface area contributed by atoms with E-state index in [1.54, 1.807) is 17.9 Å². The lowest BCUT2D eigenvalue weighted by Gasteiger charge is -2.33. The molecular formula is C27H34N6O7. The number of imide groups is 1. The summed E-state index contributed by atoms with van der Waals surface area (Å²) in [7, 11) is 0. The smallest absolute Gasteiger partial charge is 0.410 e. The molecule has 0 spiro atoms. The van der Waals surface area contributed by atoms with Crippen molar-refractivity contribution in [2.75, 3.05) is 25.0 Å². The number of hydrogen-bond donors (Lipinski definition) is 3. The molecule has 4 rings (SSSR count). The summed E-state index contributed by atoms with van der Waals surface area (Å²) < 4.78 is 6.64. The van der Waals surface area contributed by atoms with Crippen LogP contribution in [0.1, 0.15) is 58.3 Å². The SMILES string of the molecule is Cc1nc2c(NC(=O)C(=O)NCC3CCN(C(=O)OC(C)(C)C)CC3)cccc2c(=O)n1C1CCC(=O)NC1=O. The molecule has 0 bridgehead atoms. The molecule has 13 heteroatoms. The number of carbonyl (C=O) groups excluding carboxylic acids is 5. The first-order valence-electron chi connectivity index (χ1n) is 13.3. The van der Waals surface area contributed by atoms with Crippen molar-refractivity contribution in [2.24, 2.45) is 5.92 Å². The van der Waals surface area contributed by atoms with Crippen molar-refractivity contribution < 1.29 is 28.7 Å². The molecule has 1 aromatic carbocycles. The molecule has 40 heavy (non-hydrogen) atoms. The zero-order valence-corrected chi connectivity index (χ0v) is 23.0. The van der Waals surface area contributed by atoms with Crippen LogP contribution >= 0.6 is 0 Å². The van der Waals surface area contributed by atoms with Crippen LogP contribution in [0.3, 0.4) is 0 Å². The van der Waals surface area contributed by atoms with Crippen LogP contribution in [0.2, 0.25) is 0 Å². The fourth-order valence-electron chi connectivity index (χ4n) is 4.87. The molecule has 0 aliphatic carbocycles. The summed E-state index contributed by atoms with van der Waals surface area (Å²) in [5.74, 6) is -2.37. The van der Waals surface area contributed by atoms with Gasteiger partial charge in [0.2, 0.25) is 11.8 Å². The summed E-state index contributed by atoms with van der Waals surface area (Å²) in [5.41, 5.74) is -0.698. The van der Waals surface area contributed by atoms with Gasteiger partial charge in [0.1, 0.15) is 23.0 Å². The normalized spacial score (nSPS) is 18.3. The number of aromatic nitrogens is 2. The van der Waals surface area contributed by atoms with Crippen LogP contribution in [-0.4, -0.2) is 69.4 Å². The molecule has 2 fully saturated rings. The summed E-state index contributed by atoms with van der Waals surface area (Å²) in [4.78, 5) is 80.7. The average Bonchev–Trinajstić information content (AvgIpc) is 2.88. The Labute approximate surface area is 230 Å². The lowest BCUT2D eigenvalue weighted by atomic mass is 9.97. The molecule has 1 aromatic heterocycles. The number of carbonyl (C=O) groups is 5. The number of likely N-dealkylation sites (tertiary alicyclic amines) is 1. The Kier molecular flexibility index (Phi) is 8.21. The van der Waals surface area contributed by atoms with Crippen molar-refractivity contribution in [1.29, 1.82) is 0 Å². The first-order valence-corrected chi connectivity index (χ1v) is 13.3. The summed E-state index contributed by atoms with van der Waals surface area (Å²) in [6.45, 7) is 8.26. The molecule has 0 saturated carbocycles. The maximum absolute atomic E-state index is 13.3. The fourth-order valence-corrected chi connectivity index (χ4v) is 4.87. The van der Waals surface area contributed by atoms with Crippen molar-refractivity contribution in [1.82, 2.24) is 25.1 Å². The summed E-state index contributed by atoms with van der Waals surface area (Å²) >= 11 is 0. The molecule has 3 heterocycles. The molecule has 2 aromatic rings. The van der Waals surface area contributed by atoms with E-state index in [0.717, 1.165) is 0 Å². The zero-order valence-electron chi connectivity index (χ0n) is 23.0. The first-order chi connectivity index (χ1) is 18.8. The van der Waals surface area contributed by atoms with E-state index in [1.807, 2.05) is 20.8 Å². The highest BCUT2D eigenvalue weighted by Gasteiger charge is 2.31. The number of rotatable bonds is 4. The van der Waals surface area contributed by atoms with Crippen molar-refractivity contribution in [2.45, 2.75) is 65.0 Å². The molecule has 3 N–H and O–H groups in total. The highest BCUT2D eigenvalue weighted by atomic mass is 16.6. The van der Waals surface area contributed by atoms with Crippen molar-refractivity contribution >= 4 is 46.3 Å². The highest BCUT2D eigenvalue weighted by molar-refractivity contribution is 6.40. The monoisotopic (exact) mass is 554 g/mol. The minimum Gasteiger partial charge on any atom is -0.444 e. The number of piperidine rings is 2. The number of nitrogens with zero attached hydrogens (tertiary/aromatic N) is 3. The largest absolute Gasteiger partial charge is 0.444 e. The van der Waals surface area contributed by atoms with E-state index in [9.17, 15) is 28.8 Å². The lowest BCUT2D eigenvalue weighted by molar-refractivity contribution is -0.136. The highest BCUT2D eigenvalue weighted by Crippen LogP contribution is 2.24. The third-order valence-electron chi connectivity index (χ3n) is 6.90. The minimum atomic E-state index is -0.910. The number of aryl methyl sites for hydroxylation is 1.